The summed E-state index contributed by atoms with van der Waals surface area (Å²) in [5.74, 6) is 0. The monoisotopic (exact) mass is 248 g/mol. The molecule has 0 fully saturated rings. The molecule has 0 radical (unpaired) electrons. The van der Waals surface area contributed by atoms with Crippen molar-refractivity contribution in [2.75, 3.05) is 0 Å². The van der Waals surface area contributed by atoms with Crippen molar-refractivity contribution in [2.45, 2.75) is 33.6 Å². The van der Waals surface area contributed by atoms with Gasteiger partial charge < -0.3 is 0 Å². The Labute approximate surface area is 115 Å². The summed E-state index contributed by atoms with van der Waals surface area (Å²) in [4.78, 5) is 0. The van der Waals surface area contributed by atoms with Crippen LogP contribution in [0.1, 0.15) is 37.0 Å². The molecule has 0 nitrogen and oxygen atoms in total. The fourth-order valence-electron chi connectivity index (χ4n) is 3.24. The van der Waals surface area contributed by atoms with Crippen LogP contribution in [0.15, 0.2) is 48.1 Å². The van der Waals surface area contributed by atoms with Gasteiger partial charge in [-0.3, -0.25) is 0 Å². The van der Waals surface area contributed by atoms with E-state index < -0.39 is 0 Å². The minimum atomic E-state index is 1.07. The topological polar surface area (TPSA) is 0 Å². The van der Waals surface area contributed by atoms with Crippen LogP contribution >= 0.6 is 0 Å². The second kappa shape index (κ2) is 4.70. The minimum Gasteiger partial charge on any atom is -0.0806 e. The maximum absolute atomic E-state index is 2.37. The van der Waals surface area contributed by atoms with Gasteiger partial charge in [0.15, 0.2) is 0 Å². The lowest BCUT2D eigenvalue weighted by Crippen LogP contribution is -2.05. The summed E-state index contributed by atoms with van der Waals surface area (Å²) < 4.78 is 0. The smallest absolute Gasteiger partial charge is 0.00165 e. The highest BCUT2D eigenvalue weighted by molar-refractivity contribution is 6.03. The van der Waals surface area contributed by atoms with Crippen molar-refractivity contribution in [1.82, 2.24) is 0 Å². The third kappa shape index (κ3) is 1.83. The van der Waals surface area contributed by atoms with E-state index in [1.807, 2.05) is 0 Å². The van der Waals surface area contributed by atoms with Gasteiger partial charge in [-0.05, 0) is 65.3 Å². The Morgan fingerprint density at radius 3 is 2.74 bits per heavy atom. The first kappa shape index (κ1) is 12.2. The average Bonchev–Trinajstić information content (AvgIpc) is 2.43. The Balaban J connectivity index is 2.38. The third-order valence-electron chi connectivity index (χ3n) is 4.10. The molecule has 96 valence electrons. The molecule has 0 bridgehead atoms. The molecule has 0 aliphatic heterocycles. The molecule has 0 N–H and O–H groups in total. The SMILES string of the molecule is C/C=C1\C(=C/CC)Cc2ccc(C)c3cccc1c23. The molecule has 0 aromatic heterocycles. The van der Waals surface area contributed by atoms with E-state index in [2.05, 4.69) is 63.3 Å². The van der Waals surface area contributed by atoms with E-state index >= 15 is 0 Å². The lowest BCUT2D eigenvalue weighted by Gasteiger charge is -2.24. The number of hydrogen-bond donors (Lipinski definition) is 0. The molecule has 0 saturated carbocycles. The molecule has 0 unspecified atom stereocenters. The normalized spacial score (nSPS) is 18.5. The number of benzene rings is 2. The fourth-order valence-corrected chi connectivity index (χ4v) is 3.24. The van der Waals surface area contributed by atoms with Gasteiger partial charge in [0.2, 0.25) is 0 Å². The van der Waals surface area contributed by atoms with E-state index in [1.54, 1.807) is 0 Å². The fraction of sp³-hybridized carbons (Fsp3) is 0.263. The molecule has 0 saturated heterocycles. The Morgan fingerprint density at radius 2 is 2.00 bits per heavy atom. The van der Waals surface area contributed by atoms with Gasteiger partial charge in [0.1, 0.15) is 0 Å². The van der Waals surface area contributed by atoms with Crippen molar-refractivity contribution in [3.8, 4) is 0 Å². The van der Waals surface area contributed by atoms with Crippen LogP contribution in [0.3, 0.4) is 0 Å². The van der Waals surface area contributed by atoms with Crippen molar-refractivity contribution in [3.63, 3.8) is 0 Å². The first-order chi connectivity index (χ1) is 9.26. The highest BCUT2D eigenvalue weighted by atomic mass is 14.2. The number of allylic oxidation sites excluding steroid dienone is 4. The highest BCUT2D eigenvalue weighted by Gasteiger charge is 2.19. The summed E-state index contributed by atoms with van der Waals surface area (Å²) in [6, 6.07) is 11.3. The summed E-state index contributed by atoms with van der Waals surface area (Å²) >= 11 is 0. The van der Waals surface area contributed by atoms with Crippen LogP contribution in [0, 0.1) is 6.92 Å². The van der Waals surface area contributed by atoms with Gasteiger partial charge in [0.05, 0.1) is 0 Å². The molecule has 0 heteroatoms. The Kier molecular flexibility index (Phi) is 3.02. The van der Waals surface area contributed by atoms with E-state index in [-0.39, 0.29) is 0 Å². The van der Waals surface area contributed by atoms with Crippen LogP contribution in [-0.2, 0) is 6.42 Å². The zero-order valence-electron chi connectivity index (χ0n) is 12.0. The predicted molar refractivity (Wildman–Crippen MR) is 84.4 cm³/mol. The third-order valence-corrected chi connectivity index (χ3v) is 4.10. The van der Waals surface area contributed by atoms with Crippen molar-refractivity contribution in [1.29, 1.82) is 0 Å². The van der Waals surface area contributed by atoms with Gasteiger partial charge in [-0.25, -0.2) is 0 Å². The van der Waals surface area contributed by atoms with Gasteiger partial charge >= 0.3 is 0 Å². The Morgan fingerprint density at radius 1 is 1.16 bits per heavy atom. The van der Waals surface area contributed by atoms with Crippen molar-refractivity contribution in [3.05, 3.63) is 64.7 Å². The van der Waals surface area contributed by atoms with E-state index in [0.717, 1.165) is 12.8 Å². The van der Waals surface area contributed by atoms with Gasteiger partial charge in [-0.1, -0.05) is 49.4 Å². The lowest BCUT2D eigenvalue weighted by atomic mass is 9.80. The largest absolute Gasteiger partial charge is 0.0806 e. The summed E-state index contributed by atoms with van der Waals surface area (Å²) in [5, 5.41) is 2.87. The molecule has 3 rings (SSSR count). The second-order valence-corrected chi connectivity index (χ2v) is 5.29. The molecule has 1 aliphatic carbocycles. The summed E-state index contributed by atoms with van der Waals surface area (Å²) in [6.07, 6.45) is 6.81. The molecule has 0 spiro atoms. The molecule has 1 aliphatic rings. The van der Waals surface area contributed by atoms with E-state index in [9.17, 15) is 0 Å². The van der Waals surface area contributed by atoms with Crippen LogP contribution in [0.25, 0.3) is 16.3 Å². The summed E-state index contributed by atoms with van der Waals surface area (Å²) in [7, 11) is 0. The standard InChI is InChI=1S/C19H20/c1-4-7-14-12-15-11-10-13(3)17-8-6-9-18(19(15)17)16(14)5-2/h5-11H,4,12H2,1-3H3/b14-7-,16-5+. The van der Waals surface area contributed by atoms with Gasteiger partial charge in [0.25, 0.3) is 0 Å². The number of aryl methyl sites for hydroxylation is 1. The van der Waals surface area contributed by atoms with Gasteiger partial charge in [0, 0.05) is 0 Å². The minimum absolute atomic E-state index is 1.07. The summed E-state index contributed by atoms with van der Waals surface area (Å²) in [6.45, 7) is 6.57. The number of rotatable bonds is 1. The zero-order chi connectivity index (χ0) is 13.4. The van der Waals surface area contributed by atoms with Gasteiger partial charge in [-0.2, -0.15) is 0 Å². The molecule has 0 atom stereocenters. The predicted octanol–water partition coefficient (Wildman–Crippen LogP) is 5.44. The van der Waals surface area contributed by atoms with Crippen LogP contribution in [0.4, 0.5) is 0 Å². The van der Waals surface area contributed by atoms with E-state index in [1.165, 1.54) is 38.6 Å². The molecule has 0 amide bonds. The quantitative estimate of drug-likeness (QED) is 0.630. The summed E-state index contributed by atoms with van der Waals surface area (Å²) in [5.41, 5.74) is 7.16. The van der Waals surface area contributed by atoms with Crippen molar-refractivity contribution >= 4 is 16.3 Å². The second-order valence-electron chi connectivity index (χ2n) is 5.29. The van der Waals surface area contributed by atoms with Crippen molar-refractivity contribution in [2.24, 2.45) is 0 Å². The molecule has 2 aromatic carbocycles. The Hall–Kier alpha value is -1.82. The van der Waals surface area contributed by atoms with Crippen LogP contribution in [0.5, 0.6) is 0 Å². The van der Waals surface area contributed by atoms with Crippen LogP contribution in [-0.4, -0.2) is 0 Å². The highest BCUT2D eigenvalue weighted by Crippen LogP contribution is 2.40. The molecular formula is C19H20. The molecule has 2 aromatic rings. The number of hydrogen-bond acceptors (Lipinski definition) is 0. The van der Waals surface area contributed by atoms with Crippen LogP contribution in [0.2, 0.25) is 0 Å². The van der Waals surface area contributed by atoms with Crippen molar-refractivity contribution < 1.29 is 0 Å². The first-order valence-electron chi connectivity index (χ1n) is 7.13. The average molecular weight is 248 g/mol. The van der Waals surface area contributed by atoms with Crippen LogP contribution < -0.4 is 0 Å². The van der Waals surface area contributed by atoms with E-state index in [4.69, 9.17) is 0 Å². The zero-order valence-corrected chi connectivity index (χ0v) is 12.0. The molecule has 0 heterocycles. The lowest BCUT2D eigenvalue weighted by molar-refractivity contribution is 1.13. The first-order valence-corrected chi connectivity index (χ1v) is 7.13. The molecular weight excluding hydrogens is 228 g/mol. The van der Waals surface area contributed by atoms with E-state index in [0.29, 0.717) is 0 Å². The maximum atomic E-state index is 2.37. The Bertz CT molecular complexity index is 699. The molecule has 19 heavy (non-hydrogen) atoms. The van der Waals surface area contributed by atoms with Gasteiger partial charge in [-0.15, -0.1) is 0 Å². The maximum Gasteiger partial charge on any atom is -0.00165 e.